The Morgan fingerprint density at radius 2 is 1.79 bits per heavy atom. The van der Waals surface area contributed by atoms with Gasteiger partial charge in [0.05, 0.1) is 36.2 Å². The smallest absolute Gasteiger partial charge is 0.409 e. The fourth-order valence-electron chi connectivity index (χ4n) is 4.09. The molecule has 180 valence electrons. The van der Waals surface area contributed by atoms with E-state index in [-0.39, 0.29) is 23.5 Å². The van der Waals surface area contributed by atoms with E-state index in [1.165, 1.54) is 19.2 Å². The third-order valence-corrected chi connectivity index (χ3v) is 5.80. The quantitative estimate of drug-likeness (QED) is 0.526. The van der Waals surface area contributed by atoms with Crippen LogP contribution in [0.1, 0.15) is 42.9 Å². The van der Waals surface area contributed by atoms with Crippen LogP contribution >= 0.6 is 0 Å². The second-order valence-corrected chi connectivity index (χ2v) is 8.32. The standard InChI is InChI=1S/C24H28FN5O4/c1-5-34-24(32)29-12-10-28(11-13-29)19-14-18(23(31)33-4)26-22-20(19)21(15(2)3)27-30(22)17-8-6-16(25)7-9-17/h6-9,14-15H,5,10-13H2,1-4H3. The molecular weight excluding hydrogens is 441 g/mol. The Morgan fingerprint density at radius 1 is 1.12 bits per heavy atom. The number of amides is 1. The number of methoxy groups -OCH3 is 1. The van der Waals surface area contributed by atoms with E-state index in [1.807, 2.05) is 13.8 Å². The van der Waals surface area contributed by atoms with Gasteiger partial charge in [0.2, 0.25) is 0 Å². The largest absolute Gasteiger partial charge is 0.464 e. The molecule has 2 aromatic heterocycles. The van der Waals surface area contributed by atoms with Crippen LogP contribution in [0, 0.1) is 5.82 Å². The first-order valence-electron chi connectivity index (χ1n) is 11.3. The van der Waals surface area contributed by atoms with Crippen LogP contribution in [0.3, 0.4) is 0 Å². The molecule has 0 saturated carbocycles. The monoisotopic (exact) mass is 469 g/mol. The molecule has 1 saturated heterocycles. The normalized spacial score (nSPS) is 14.1. The summed E-state index contributed by atoms with van der Waals surface area (Å²) >= 11 is 0. The van der Waals surface area contributed by atoms with Crippen molar-refractivity contribution in [1.82, 2.24) is 19.7 Å². The number of hydrogen-bond donors (Lipinski definition) is 0. The molecule has 4 rings (SSSR count). The third-order valence-electron chi connectivity index (χ3n) is 5.80. The van der Waals surface area contributed by atoms with Gasteiger partial charge < -0.3 is 19.3 Å². The van der Waals surface area contributed by atoms with Gasteiger partial charge in [-0.2, -0.15) is 5.10 Å². The number of nitrogens with zero attached hydrogens (tertiary/aromatic N) is 5. The minimum atomic E-state index is -0.564. The lowest BCUT2D eigenvalue weighted by Gasteiger charge is -2.36. The molecule has 0 atom stereocenters. The van der Waals surface area contributed by atoms with Crippen molar-refractivity contribution in [3.05, 3.63) is 47.5 Å². The topological polar surface area (TPSA) is 89.8 Å². The maximum Gasteiger partial charge on any atom is 0.409 e. The van der Waals surface area contributed by atoms with Crippen LogP contribution in [0.4, 0.5) is 14.9 Å². The van der Waals surface area contributed by atoms with Gasteiger partial charge in [0.15, 0.2) is 11.3 Å². The van der Waals surface area contributed by atoms with E-state index in [9.17, 15) is 14.0 Å². The van der Waals surface area contributed by atoms with E-state index >= 15 is 0 Å². The minimum absolute atomic E-state index is 0.0644. The number of piperazine rings is 1. The highest BCUT2D eigenvalue weighted by Gasteiger charge is 2.28. The highest BCUT2D eigenvalue weighted by atomic mass is 19.1. The molecule has 1 aliphatic rings. The summed E-state index contributed by atoms with van der Waals surface area (Å²) in [6, 6.07) is 7.68. The SMILES string of the molecule is CCOC(=O)N1CCN(c2cc(C(=O)OC)nc3c2c(C(C)C)nn3-c2ccc(F)cc2)CC1. The van der Waals surface area contributed by atoms with E-state index in [1.54, 1.807) is 34.7 Å². The fraction of sp³-hybridized carbons (Fsp3) is 0.417. The van der Waals surface area contributed by atoms with Gasteiger partial charge in [0.1, 0.15) is 5.82 Å². The number of benzene rings is 1. The molecule has 34 heavy (non-hydrogen) atoms. The zero-order valence-electron chi connectivity index (χ0n) is 19.7. The van der Waals surface area contributed by atoms with Gasteiger partial charge >= 0.3 is 12.1 Å². The van der Waals surface area contributed by atoms with Crippen molar-refractivity contribution in [1.29, 1.82) is 0 Å². The van der Waals surface area contributed by atoms with Gasteiger partial charge in [-0.15, -0.1) is 0 Å². The van der Waals surface area contributed by atoms with E-state index < -0.39 is 5.97 Å². The third kappa shape index (κ3) is 4.40. The summed E-state index contributed by atoms with van der Waals surface area (Å²) < 4.78 is 25.3. The molecule has 1 aliphatic heterocycles. The van der Waals surface area contributed by atoms with Gasteiger partial charge in [-0.1, -0.05) is 13.8 Å². The number of ether oxygens (including phenoxy) is 2. The van der Waals surface area contributed by atoms with Crippen molar-refractivity contribution >= 4 is 28.8 Å². The van der Waals surface area contributed by atoms with Crippen molar-refractivity contribution in [3.63, 3.8) is 0 Å². The Kier molecular flexibility index (Phi) is 6.67. The Labute approximate surface area is 197 Å². The highest BCUT2D eigenvalue weighted by molar-refractivity contribution is 5.99. The Hall–Kier alpha value is -3.69. The number of fused-ring (bicyclic) bond motifs is 1. The molecule has 0 bridgehead atoms. The molecule has 3 heterocycles. The summed E-state index contributed by atoms with van der Waals surface area (Å²) in [5.74, 6) is -0.853. The maximum absolute atomic E-state index is 13.6. The number of halogens is 1. The van der Waals surface area contributed by atoms with Gasteiger partial charge in [0.25, 0.3) is 0 Å². The van der Waals surface area contributed by atoms with E-state index in [0.717, 1.165) is 16.8 Å². The van der Waals surface area contributed by atoms with Gasteiger partial charge in [-0.05, 0) is 43.2 Å². The Bertz CT molecular complexity index is 1200. The Balaban J connectivity index is 1.84. The van der Waals surface area contributed by atoms with Crippen LogP contribution in [0.15, 0.2) is 30.3 Å². The number of carbonyl (C=O) groups excluding carboxylic acids is 2. The summed E-state index contributed by atoms with van der Waals surface area (Å²) in [6.07, 6.45) is -0.329. The number of hydrogen-bond acceptors (Lipinski definition) is 7. The van der Waals surface area contributed by atoms with E-state index in [2.05, 4.69) is 9.88 Å². The summed E-state index contributed by atoms with van der Waals surface area (Å²) in [5.41, 5.74) is 2.88. The summed E-state index contributed by atoms with van der Waals surface area (Å²) in [4.78, 5) is 33.0. The molecule has 0 unspecified atom stereocenters. The number of pyridine rings is 1. The zero-order valence-corrected chi connectivity index (χ0v) is 19.7. The van der Waals surface area contributed by atoms with Crippen LogP contribution in [0.5, 0.6) is 0 Å². The molecule has 1 amide bonds. The molecule has 1 fully saturated rings. The second-order valence-electron chi connectivity index (χ2n) is 8.32. The second kappa shape index (κ2) is 9.66. The summed E-state index contributed by atoms with van der Waals surface area (Å²) in [5, 5.41) is 5.62. The molecule has 1 aromatic carbocycles. The summed E-state index contributed by atoms with van der Waals surface area (Å²) in [6.45, 7) is 8.25. The van der Waals surface area contributed by atoms with Crippen molar-refractivity contribution in [3.8, 4) is 5.69 Å². The van der Waals surface area contributed by atoms with Gasteiger partial charge in [-0.25, -0.2) is 23.6 Å². The van der Waals surface area contributed by atoms with Gasteiger partial charge in [-0.3, -0.25) is 0 Å². The number of aromatic nitrogens is 3. The van der Waals surface area contributed by atoms with Crippen LogP contribution in [-0.2, 0) is 9.47 Å². The first-order valence-corrected chi connectivity index (χ1v) is 11.3. The Morgan fingerprint density at radius 3 is 2.38 bits per heavy atom. The van der Waals surface area contributed by atoms with E-state index in [4.69, 9.17) is 14.6 Å². The molecule has 0 N–H and O–H groups in total. The number of rotatable bonds is 5. The van der Waals surface area contributed by atoms with Crippen LogP contribution in [0.2, 0.25) is 0 Å². The van der Waals surface area contributed by atoms with Crippen LogP contribution in [0.25, 0.3) is 16.7 Å². The molecule has 9 nitrogen and oxygen atoms in total. The lowest BCUT2D eigenvalue weighted by Crippen LogP contribution is -2.49. The predicted octanol–water partition coefficient (Wildman–Crippen LogP) is 3.75. The number of carbonyl (C=O) groups is 2. The average Bonchev–Trinajstić information content (AvgIpc) is 3.23. The number of esters is 1. The van der Waals surface area contributed by atoms with Crippen molar-refractivity contribution in [2.45, 2.75) is 26.7 Å². The lowest BCUT2D eigenvalue weighted by molar-refractivity contribution is 0.0594. The summed E-state index contributed by atoms with van der Waals surface area (Å²) in [7, 11) is 1.31. The average molecular weight is 470 g/mol. The fourth-order valence-corrected chi connectivity index (χ4v) is 4.09. The molecule has 10 heteroatoms. The van der Waals surface area contributed by atoms with Crippen molar-refractivity contribution in [2.75, 3.05) is 44.8 Å². The lowest BCUT2D eigenvalue weighted by atomic mass is 10.0. The molecule has 0 aliphatic carbocycles. The predicted molar refractivity (Wildman–Crippen MR) is 125 cm³/mol. The minimum Gasteiger partial charge on any atom is -0.464 e. The maximum atomic E-state index is 13.6. The zero-order chi connectivity index (χ0) is 24.4. The molecular formula is C24H28FN5O4. The van der Waals surface area contributed by atoms with Crippen molar-refractivity contribution < 1.29 is 23.5 Å². The van der Waals surface area contributed by atoms with Crippen molar-refractivity contribution in [2.24, 2.45) is 0 Å². The van der Waals surface area contributed by atoms with Gasteiger partial charge in [0, 0.05) is 26.2 Å². The highest BCUT2D eigenvalue weighted by Crippen LogP contribution is 2.35. The van der Waals surface area contributed by atoms with E-state index in [0.29, 0.717) is 44.1 Å². The molecule has 3 aromatic rings. The first-order chi connectivity index (χ1) is 16.3. The van der Waals surface area contributed by atoms with Crippen LogP contribution in [-0.4, -0.2) is 71.6 Å². The molecule has 0 spiro atoms. The number of anilines is 1. The first kappa shape index (κ1) is 23.5. The van der Waals surface area contributed by atoms with Crippen LogP contribution < -0.4 is 4.90 Å². The molecule has 0 radical (unpaired) electrons.